The molecule has 126 valence electrons. The molecule has 2 heterocycles. The van der Waals surface area contributed by atoms with Crippen LogP contribution < -0.4 is 16.0 Å². The van der Waals surface area contributed by atoms with Crippen LogP contribution in [0.15, 0.2) is 24.3 Å². The molecule has 7 nitrogen and oxygen atoms in total. The maximum Gasteiger partial charge on any atom is 0.272 e. The van der Waals surface area contributed by atoms with Crippen LogP contribution >= 0.6 is 11.6 Å². The molecule has 0 atom stereocenters. The van der Waals surface area contributed by atoms with E-state index in [4.69, 9.17) is 11.6 Å². The second kappa shape index (κ2) is 7.46. The van der Waals surface area contributed by atoms with Gasteiger partial charge in [-0.2, -0.15) is 5.10 Å². The first kappa shape index (κ1) is 16.5. The van der Waals surface area contributed by atoms with Gasteiger partial charge >= 0.3 is 0 Å². The van der Waals surface area contributed by atoms with Crippen molar-refractivity contribution in [3.05, 3.63) is 51.8 Å². The van der Waals surface area contributed by atoms with E-state index in [1.807, 2.05) is 0 Å². The highest BCUT2D eigenvalue weighted by Crippen LogP contribution is 2.15. The average molecular weight is 348 g/mol. The highest BCUT2D eigenvalue weighted by molar-refractivity contribution is 6.33. The fourth-order valence-electron chi connectivity index (χ4n) is 2.59. The van der Waals surface area contributed by atoms with Crippen molar-refractivity contribution in [3.8, 4) is 0 Å². The fraction of sp³-hybridized carbons (Fsp3) is 0.312. The smallest absolute Gasteiger partial charge is 0.272 e. The third kappa shape index (κ3) is 3.58. The summed E-state index contributed by atoms with van der Waals surface area (Å²) in [6.07, 6.45) is 0.837. The molecule has 2 amide bonds. The Morgan fingerprint density at radius 1 is 1.17 bits per heavy atom. The van der Waals surface area contributed by atoms with Crippen LogP contribution in [0.25, 0.3) is 0 Å². The third-order valence-corrected chi connectivity index (χ3v) is 4.17. The molecule has 0 aliphatic carbocycles. The molecular weight excluding hydrogens is 330 g/mol. The van der Waals surface area contributed by atoms with E-state index >= 15 is 0 Å². The highest BCUT2D eigenvalue weighted by Gasteiger charge is 2.21. The number of aromatic nitrogens is 2. The molecule has 1 aromatic heterocycles. The Morgan fingerprint density at radius 2 is 1.92 bits per heavy atom. The topological polar surface area (TPSA) is 98.9 Å². The number of halogens is 1. The summed E-state index contributed by atoms with van der Waals surface area (Å²) in [5, 5.41) is 16.1. The lowest BCUT2D eigenvalue weighted by Crippen LogP contribution is -2.35. The lowest BCUT2D eigenvalue weighted by molar-refractivity contribution is 0.0924. The molecule has 1 aliphatic rings. The molecule has 0 saturated heterocycles. The van der Waals surface area contributed by atoms with Crippen LogP contribution in [0, 0.1) is 0 Å². The summed E-state index contributed by atoms with van der Waals surface area (Å²) in [6, 6.07) is 6.82. The van der Waals surface area contributed by atoms with E-state index in [0.717, 1.165) is 24.2 Å². The fourth-order valence-corrected chi connectivity index (χ4v) is 2.81. The zero-order valence-electron chi connectivity index (χ0n) is 13.0. The minimum Gasteiger partial charge on any atom is -0.350 e. The maximum absolute atomic E-state index is 12.2. The minimum atomic E-state index is -0.267. The number of nitrogens with one attached hydrogen (secondary N) is 4. The summed E-state index contributed by atoms with van der Waals surface area (Å²) < 4.78 is 0. The first-order chi connectivity index (χ1) is 11.7. The minimum absolute atomic E-state index is 0.247. The van der Waals surface area contributed by atoms with Gasteiger partial charge in [-0.05, 0) is 12.1 Å². The average Bonchev–Trinajstić information content (AvgIpc) is 3.03. The summed E-state index contributed by atoms with van der Waals surface area (Å²) >= 11 is 5.97. The molecule has 1 aliphatic heterocycles. The molecule has 8 heteroatoms. The summed E-state index contributed by atoms with van der Waals surface area (Å²) in [5.41, 5.74) is 2.75. The van der Waals surface area contributed by atoms with Gasteiger partial charge in [-0.1, -0.05) is 23.7 Å². The van der Waals surface area contributed by atoms with Gasteiger partial charge in [0.2, 0.25) is 0 Å². The molecule has 4 N–H and O–H groups in total. The predicted molar refractivity (Wildman–Crippen MR) is 90.1 cm³/mol. The quantitative estimate of drug-likeness (QED) is 0.603. The summed E-state index contributed by atoms with van der Waals surface area (Å²) in [6.45, 7) is 2.13. The standard InChI is InChI=1S/C16H18ClN5O2/c17-12-4-2-1-3-10(12)15(23)19-7-8-20-16(24)14-11-9-18-6-5-13(11)21-22-14/h1-4,18H,5-9H2,(H,19,23)(H,20,24)(H,21,22). The molecule has 0 bridgehead atoms. The van der Waals surface area contributed by atoms with E-state index in [1.165, 1.54) is 0 Å². The first-order valence-electron chi connectivity index (χ1n) is 7.74. The van der Waals surface area contributed by atoms with Gasteiger partial charge in [0.15, 0.2) is 5.69 Å². The Kier molecular flexibility index (Phi) is 5.12. The number of benzene rings is 1. The third-order valence-electron chi connectivity index (χ3n) is 3.84. The lowest BCUT2D eigenvalue weighted by atomic mass is 10.1. The summed E-state index contributed by atoms with van der Waals surface area (Å²) in [4.78, 5) is 24.2. The Morgan fingerprint density at radius 3 is 2.71 bits per heavy atom. The number of rotatable bonds is 5. The van der Waals surface area contributed by atoms with Gasteiger partial charge in [-0.25, -0.2) is 0 Å². The SMILES string of the molecule is O=C(NCCNC(=O)c1n[nH]c2c1CNCC2)c1ccccc1Cl. The van der Waals surface area contributed by atoms with Crippen molar-refractivity contribution < 1.29 is 9.59 Å². The Hall–Kier alpha value is -2.38. The normalized spacial score (nSPS) is 13.2. The molecule has 1 aromatic carbocycles. The summed E-state index contributed by atoms with van der Waals surface area (Å²) in [5.74, 6) is -0.514. The van der Waals surface area contributed by atoms with E-state index in [2.05, 4.69) is 26.1 Å². The molecule has 0 spiro atoms. The molecule has 2 aromatic rings. The Labute approximate surface area is 144 Å². The maximum atomic E-state index is 12.2. The van der Waals surface area contributed by atoms with Gasteiger partial charge < -0.3 is 16.0 Å². The van der Waals surface area contributed by atoms with Crippen molar-refractivity contribution >= 4 is 23.4 Å². The Balaban J connectivity index is 1.48. The monoisotopic (exact) mass is 347 g/mol. The first-order valence-corrected chi connectivity index (χ1v) is 8.12. The Bertz CT molecular complexity index is 759. The predicted octanol–water partition coefficient (Wildman–Crippen LogP) is 0.869. The zero-order chi connectivity index (χ0) is 16.9. The van der Waals surface area contributed by atoms with Crippen LogP contribution in [-0.4, -0.2) is 41.6 Å². The van der Waals surface area contributed by atoms with Crippen molar-refractivity contribution in [2.45, 2.75) is 13.0 Å². The number of fused-ring (bicyclic) bond motifs is 1. The number of hydrogen-bond donors (Lipinski definition) is 4. The van der Waals surface area contributed by atoms with Gasteiger partial charge in [-0.3, -0.25) is 14.7 Å². The molecule has 3 rings (SSSR count). The van der Waals surface area contributed by atoms with Crippen LogP contribution in [0.4, 0.5) is 0 Å². The van der Waals surface area contributed by atoms with Crippen molar-refractivity contribution in [1.29, 1.82) is 0 Å². The second-order valence-electron chi connectivity index (χ2n) is 5.45. The van der Waals surface area contributed by atoms with E-state index in [0.29, 0.717) is 35.9 Å². The lowest BCUT2D eigenvalue weighted by Gasteiger charge is -2.13. The highest BCUT2D eigenvalue weighted by atomic mass is 35.5. The second-order valence-corrected chi connectivity index (χ2v) is 5.85. The number of nitrogens with zero attached hydrogens (tertiary/aromatic N) is 1. The molecule has 0 radical (unpaired) electrons. The number of H-pyrrole nitrogens is 1. The van der Waals surface area contributed by atoms with Crippen molar-refractivity contribution in [3.63, 3.8) is 0 Å². The largest absolute Gasteiger partial charge is 0.350 e. The van der Waals surface area contributed by atoms with E-state index in [1.54, 1.807) is 24.3 Å². The van der Waals surface area contributed by atoms with Gasteiger partial charge in [0.1, 0.15) is 0 Å². The van der Waals surface area contributed by atoms with Crippen LogP contribution in [0.1, 0.15) is 32.1 Å². The van der Waals surface area contributed by atoms with E-state index in [9.17, 15) is 9.59 Å². The number of hydrogen-bond acceptors (Lipinski definition) is 4. The summed E-state index contributed by atoms with van der Waals surface area (Å²) in [7, 11) is 0. The number of aromatic amines is 1. The van der Waals surface area contributed by atoms with E-state index in [-0.39, 0.29) is 11.8 Å². The molecule has 24 heavy (non-hydrogen) atoms. The van der Waals surface area contributed by atoms with Gasteiger partial charge in [0, 0.05) is 43.9 Å². The van der Waals surface area contributed by atoms with Crippen molar-refractivity contribution in [2.75, 3.05) is 19.6 Å². The number of carbonyl (C=O) groups excluding carboxylic acids is 2. The zero-order valence-corrected chi connectivity index (χ0v) is 13.7. The van der Waals surface area contributed by atoms with Crippen molar-refractivity contribution in [1.82, 2.24) is 26.1 Å². The van der Waals surface area contributed by atoms with Crippen LogP contribution in [0.3, 0.4) is 0 Å². The van der Waals surface area contributed by atoms with E-state index < -0.39 is 0 Å². The van der Waals surface area contributed by atoms with Crippen LogP contribution in [0.2, 0.25) is 5.02 Å². The number of carbonyl (C=O) groups is 2. The van der Waals surface area contributed by atoms with Gasteiger partial charge in [0.25, 0.3) is 11.8 Å². The van der Waals surface area contributed by atoms with Crippen molar-refractivity contribution in [2.24, 2.45) is 0 Å². The molecule has 0 unspecified atom stereocenters. The molecule has 0 fully saturated rings. The van der Waals surface area contributed by atoms with Gasteiger partial charge in [-0.15, -0.1) is 0 Å². The van der Waals surface area contributed by atoms with Crippen LogP contribution in [-0.2, 0) is 13.0 Å². The molecular formula is C16H18ClN5O2. The van der Waals surface area contributed by atoms with Gasteiger partial charge in [0.05, 0.1) is 10.6 Å². The number of amides is 2. The van der Waals surface area contributed by atoms with Crippen LogP contribution in [0.5, 0.6) is 0 Å². The molecule has 0 saturated carbocycles.